The van der Waals surface area contributed by atoms with Gasteiger partial charge in [0.1, 0.15) is 79.4 Å². The minimum atomic E-state index is -2.40. The molecular formula is C38H54O37. The maximum absolute atomic E-state index is 11.7. The Kier molecular flexibility index (Phi) is 21.6. The van der Waals surface area contributed by atoms with Crippen molar-refractivity contribution in [1.29, 1.82) is 0 Å². The Morgan fingerprint density at radius 3 is 0.600 bits per heavy atom. The van der Waals surface area contributed by atoms with E-state index in [1.165, 1.54) is 0 Å². The SMILES string of the molecule is CO[C@H]1O[C@H](OC=O)[C@@H](O[C@@H]2OC(OC=O)[C@H](O[C@H]3O[C@H](OC=O)[C@@H](O[C@@H]4OC(OC=O)[C@H](O[C@H]5O[C@@H](OC=O)[C@@H](O[C@@H]6OC(OC=O)[C@H](OC)[C@@H](O)C6O)C(O)C5O)[C@H](O)C4O)C(O)C3O)[C@@H](O)C2O)C(O)C1O. The van der Waals surface area contributed by atoms with E-state index in [1.807, 2.05) is 0 Å². The minimum absolute atomic E-state index is 0.0880. The number of rotatable bonds is 24. The standard InChI is InChI=1S/C38H54O37/c1-57-21-9(45)16(52)28(71-33(21)59-3-39)66-23-11(47)18(54)30(73-35(23)61-5-41)68-25-13(49)20(56)32(75-37(25)63-7-43)69-26-14(50)19(55)31(74-38(26)64-8-44)67-24-12(48)17(53)29(72-36(24)62-6-42)65-22-10(46)15(51)27(58-2)70-34(22)60-4-40/h3-38,45-56H,1-2H3/t9-,10?,11?,12-,13+,14?,15?,16?,17?,18?,19?,20?,21+,22-,23-,24+,25+,26-,27-,28+,29+,30-,31-,32+,33?,34-,35+,36?,37?,38-/m0/s1. The van der Waals surface area contributed by atoms with Crippen molar-refractivity contribution in [3.63, 3.8) is 0 Å². The molecule has 0 aromatic rings. The lowest BCUT2D eigenvalue weighted by atomic mass is 9.99. The summed E-state index contributed by atoms with van der Waals surface area (Å²) in [6, 6.07) is 0. The maximum Gasteiger partial charge on any atom is 0.295 e. The monoisotopic (exact) mass is 1100 g/mol. The molecule has 0 aromatic carbocycles. The molecule has 0 amide bonds. The van der Waals surface area contributed by atoms with Gasteiger partial charge in [0.25, 0.3) is 38.8 Å². The van der Waals surface area contributed by atoms with Crippen LogP contribution < -0.4 is 0 Å². The van der Waals surface area contributed by atoms with Crippen LogP contribution in [0.2, 0.25) is 0 Å². The summed E-state index contributed by atoms with van der Waals surface area (Å²) in [5, 5.41) is 132. The Balaban J connectivity index is 1.12. The normalized spacial score (nSPS) is 48.2. The third-order valence-corrected chi connectivity index (χ3v) is 12.1. The summed E-state index contributed by atoms with van der Waals surface area (Å²) in [4.78, 5) is 68.6. The van der Waals surface area contributed by atoms with Gasteiger partial charge in [-0.25, -0.2) is 0 Å². The predicted octanol–water partition coefficient (Wildman–Crippen LogP) is -12.0. The van der Waals surface area contributed by atoms with Gasteiger partial charge in [-0.2, -0.15) is 0 Å². The summed E-state index contributed by atoms with van der Waals surface area (Å²) < 4.78 is 98.6. The van der Waals surface area contributed by atoms with Crippen LogP contribution in [0.4, 0.5) is 0 Å². The highest BCUT2D eigenvalue weighted by Crippen LogP contribution is 2.37. The Labute approximate surface area is 418 Å². The fourth-order valence-corrected chi connectivity index (χ4v) is 8.33. The summed E-state index contributed by atoms with van der Waals surface area (Å²) in [6.07, 6.45) is -63.1. The first kappa shape index (κ1) is 60.1. The summed E-state index contributed by atoms with van der Waals surface area (Å²) in [5.41, 5.74) is 0. The van der Waals surface area contributed by atoms with Crippen LogP contribution in [0.5, 0.6) is 0 Å². The molecule has 6 saturated heterocycles. The second-order valence-electron chi connectivity index (χ2n) is 16.5. The molecular weight excluding hydrogens is 1050 g/mol. The van der Waals surface area contributed by atoms with E-state index in [0.29, 0.717) is 0 Å². The molecule has 6 rings (SSSR count). The second kappa shape index (κ2) is 26.9. The lowest BCUT2D eigenvalue weighted by molar-refractivity contribution is -0.429. The van der Waals surface area contributed by atoms with Crippen molar-refractivity contribution < 1.29 is 180 Å². The molecule has 0 aromatic heterocycles. The molecule has 0 spiro atoms. The van der Waals surface area contributed by atoms with E-state index >= 15 is 0 Å². The van der Waals surface area contributed by atoms with Crippen LogP contribution in [0, 0.1) is 0 Å². The first-order chi connectivity index (χ1) is 35.8. The zero-order valence-electron chi connectivity index (χ0n) is 38.4. The van der Waals surface area contributed by atoms with Crippen molar-refractivity contribution in [2.75, 3.05) is 14.2 Å². The summed E-state index contributed by atoms with van der Waals surface area (Å²) >= 11 is 0. The highest BCUT2D eigenvalue weighted by atomic mass is 16.9. The van der Waals surface area contributed by atoms with Crippen LogP contribution >= 0.6 is 0 Å². The number of aliphatic hydroxyl groups excluding tert-OH is 12. The van der Waals surface area contributed by atoms with Gasteiger partial charge in [0.15, 0.2) is 68.3 Å². The Morgan fingerprint density at radius 2 is 0.413 bits per heavy atom. The molecule has 37 heteroatoms. The quantitative estimate of drug-likeness (QED) is 0.0315. The van der Waals surface area contributed by atoms with Gasteiger partial charge in [-0.3, -0.25) is 28.8 Å². The predicted molar refractivity (Wildman–Crippen MR) is 209 cm³/mol. The van der Waals surface area contributed by atoms with Crippen LogP contribution in [-0.4, -0.2) is 300 Å². The Morgan fingerprint density at radius 1 is 0.240 bits per heavy atom. The van der Waals surface area contributed by atoms with Crippen LogP contribution in [0.15, 0.2) is 0 Å². The van der Waals surface area contributed by atoms with Gasteiger partial charge in [0, 0.05) is 14.2 Å². The van der Waals surface area contributed by atoms with Crippen LogP contribution in [-0.2, 0) is 119 Å². The van der Waals surface area contributed by atoms with Gasteiger partial charge in [-0.15, -0.1) is 0 Å². The summed E-state index contributed by atoms with van der Waals surface area (Å²) in [7, 11) is 2.15. The van der Waals surface area contributed by atoms with Gasteiger partial charge >= 0.3 is 0 Å². The molecule has 0 saturated carbocycles. The molecule has 6 aliphatic heterocycles. The number of carbonyl (C=O) groups excluding carboxylic acids is 6. The third kappa shape index (κ3) is 12.9. The number of methoxy groups -OCH3 is 2. The zero-order valence-corrected chi connectivity index (χ0v) is 38.4. The van der Waals surface area contributed by atoms with Crippen LogP contribution in [0.1, 0.15) is 0 Å². The summed E-state index contributed by atoms with van der Waals surface area (Å²) in [6.45, 7) is -1.23. The van der Waals surface area contributed by atoms with Gasteiger partial charge < -0.3 is 151 Å². The molecule has 37 nitrogen and oxygen atoms in total. The number of carbonyl (C=O) groups is 6. The van der Waals surface area contributed by atoms with Crippen molar-refractivity contribution >= 4 is 38.8 Å². The Bertz CT molecular complexity index is 1840. The molecule has 12 N–H and O–H groups in total. The molecule has 0 bridgehead atoms. The van der Waals surface area contributed by atoms with E-state index in [2.05, 4.69) is 0 Å². The van der Waals surface area contributed by atoms with Gasteiger partial charge in [0.05, 0.1) is 0 Å². The first-order valence-electron chi connectivity index (χ1n) is 21.8. The van der Waals surface area contributed by atoms with E-state index in [1.54, 1.807) is 0 Å². The summed E-state index contributed by atoms with van der Waals surface area (Å²) in [5.74, 6) is 0. The van der Waals surface area contributed by atoms with Gasteiger partial charge in [-0.05, 0) is 0 Å². The van der Waals surface area contributed by atoms with Gasteiger partial charge in [0.2, 0.25) is 37.7 Å². The van der Waals surface area contributed by atoms with Crippen LogP contribution in [0.25, 0.3) is 0 Å². The minimum Gasteiger partial charge on any atom is -0.435 e. The second-order valence-corrected chi connectivity index (χ2v) is 16.5. The smallest absolute Gasteiger partial charge is 0.295 e. The lowest BCUT2D eigenvalue weighted by Crippen LogP contribution is -2.68. The molecule has 75 heavy (non-hydrogen) atoms. The fraction of sp³-hybridized carbons (Fsp3) is 0.842. The van der Waals surface area contributed by atoms with Crippen LogP contribution in [0.3, 0.4) is 0 Å². The third-order valence-electron chi connectivity index (χ3n) is 12.1. The van der Waals surface area contributed by atoms with Crippen molar-refractivity contribution in [1.82, 2.24) is 0 Å². The number of hydrogen-bond acceptors (Lipinski definition) is 37. The molecule has 0 radical (unpaired) electrons. The molecule has 0 aliphatic carbocycles. The van der Waals surface area contributed by atoms with E-state index in [4.69, 9.17) is 90.0 Å². The van der Waals surface area contributed by atoms with E-state index < -0.39 is 185 Å². The Hall–Kier alpha value is -4.18. The fourth-order valence-electron chi connectivity index (χ4n) is 8.33. The molecule has 30 atom stereocenters. The van der Waals surface area contributed by atoms with E-state index in [-0.39, 0.29) is 38.8 Å². The highest BCUT2D eigenvalue weighted by molar-refractivity contribution is 5.39. The number of hydrogen-bond donors (Lipinski definition) is 12. The highest BCUT2D eigenvalue weighted by Gasteiger charge is 2.59. The molecule has 12 unspecified atom stereocenters. The zero-order chi connectivity index (χ0) is 55.0. The molecule has 6 fully saturated rings. The van der Waals surface area contributed by atoms with E-state index in [9.17, 15) is 90.0 Å². The molecule has 428 valence electrons. The lowest BCUT2D eigenvalue weighted by Gasteiger charge is -2.48. The number of aliphatic hydroxyl groups is 12. The van der Waals surface area contributed by atoms with Crippen molar-refractivity contribution in [2.45, 2.75) is 185 Å². The first-order valence-corrected chi connectivity index (χ1v) is 21.8. The number of ether oxygens (including phenoxy) is 19. The van der Waals surface area contributed by atoms with Gasteiger partial charge in [-0.1, -0.05) is 0 Å². The largest absolute Gasteiger partial charge is 0.435 e. The van der Waals surface area contributed by atoms with Crippen molar-refractivity contribution in [3.8, 4) is 0 Å². The van der Waals surface area contributed by atoms with Crippen molar-refractivity contribution in [2.24, 2.45) is 0 Å². The topological polar surface area (TPSA) is 521 Å². The molecule has 6 heterocycles. The molecule has 6 aliphatic rings. The van der Waals surface area contributed by atoms with Crippen molar-refractivity contribution in [3.05, 3.63) is 0 Å². The average molecular weight is 1100 g/mol. The maximum atomic E-state index is 11.7. The van der Waals surface area contributed by atoms with E-state index in [0.717, 1.165) is 14.2 Å². The average Bonchev–Trinajstić information content (AvgIpc) is 3.38.